The number of nitrogens with zero attached hydrogens (tertiary/aromatic N) is 5. The number of benzene rings is 2. The number of carbonyl (C=O) groups is 1. The average molecular weight is 477 g/mol. The first-order valence-corrected chi connectivity index (χ1v) is 10.6. The third-order valence-corrected chi connectivity index (χ3v) is 5.63. The smallest absolute Gasteiger partial charge is 0.269 e. The summed E-state index contributed by atoms with van der Waals surface area (Å²) in [6, 6.07) is 15.1. The van der Waals surface area contributed by atoms with E-state index in [0.29, 0.717) is 27.0 Å². The standard InChI is InChI=1S/C22H15N5O6S/c28-21-20(12-15-3-7-17(8-4-15)26(29)30)34-22(25(21)14-19-2-1-11-33-19)24-23-13-16-5-9-18(10-6-16)27(31)32/h1-13H,14H2/b20-12-,23-13+,24-22-. The molecule has 4 rings (SSSR count). The Kier molecular flexibility index (Phi) is 6.59. The van der Waals surface area contributed by atoms with Crippen molar-refractivity contribution in [3.63, 3.8) is 0 Å². The molecule has 0 unspecified atom stereocenters. The second kappa shape index (κ2) is 9.92. The van der Waals surface area contributed by atoms with Gasteiger partial charge in [-0.1, -0.05) is 0 Å². The van der Waals surface area contributed by atoms with Crippen molar-refractivity contribution in [3.8, 4) is 0 Å². The van der Waals surface area contributed by atoms with Gasteiger partial charge < -0.3 is 4.42 Å². The lowest BCUT2D eigenvalue weighted by Crippen LogP contribution is -2.28. The van der Waals surface area contributed by atoms with Gasteiger partial charge in [0.15, 0.2) is 5.17 Å². The van der Waals surface area contributed by atoms with Crippen LogP contribution in [0.4, 0.5) is 11.4 Å². The molecule has 34 heavy (non-hydrogen) atoms. The lowest BCUT2D eigenvalue weighted by atomic mass is 10.2. The fourth-order valence-electron chi connectivity index (χ4n) is 2.95. The maximum absolute atomic E-state index is 13.0. The molecule has 1 saturated heterocycles. The highest BCUT2D eigenvalue weighted by Crippen LogP contribution is 2.34. The number of thioether (sulfide) groups is 1. The molecular weight excluding hydrogens is 462 g/mol. The monoisotopic (exact) mass is 477 g/mol. The third-order valence-electron chi connectivity index (χ3n) is 4.64. The van der Waals surface area contributed by atoms with Crippen molar-refractivity contribution in [2.75, 3.05) is 0 Å². The van der Waals surface area contributed by atoms with Crippen LogP contribution in [0.1, 0.15) is 16.9 Å². The summed E-state index contributed by atoms with van der Waals surface area (Å²) in [4.78, 5) is 35.5. The molecule has 1 aliphatic heterocycles. The Morgan fingerprint density at radius 1 is 0.941 bits per heavy atom. The molecule has 11 nitrogen and oxygen atoms in total. The number of carbonyl (C=O) groups excluding carboxylic acids is 1. The maximum Gasteiger partial charge on any atom is 0.269 e. The van der Waals surface area contributed by atoms with E-state index >= 15 is 0 Å². The minimum absolute atomic E-state index is 0.0361. The zero-order valence-electron chi connectivity index (χ0n) is 17.3. The fraction of sp³-hybridized carbons (Fsp3) is 0.0455. The summed E-state index contributed by atoms with van der Waals surface area (Å²) < 4.78 is 5.35. The summed E-state index contributed by atoms with van der Waals surface area (Å²) in [5.41, 5.74) is 1.14. The van der Waals surface area contributed by atoms with Gasteiger partial charge >= 0.3 is 0 Å². The van der Waals surface area contributed by atoms with Crippen molar-refractivity contribution in [1.82, 2.24) is 4.90 Å². The molecule has 3 aromatic rings. The number of amidine groups is 1. The normalized spacial score (nSPS) is 16.1. The van der Waals surface area contributed by atoms with Crippen LogP contribution in [-0.2, 0) is 11.3 Å². The Morgan fingerprint density at radius 2 is 1.56 bits per heavy atom. The second-order valence-corrected chi connectivity index (χ2v) is 7.91. The highest BCUT2D eigenvalue weighted by Gasteiger charge is 2.34. The molecule has 0 atom stereocenters. The summed E-state index contributed by atoms with van der Waals surface area (Å²) in [7, 11) is 0. The van der Waals surface area contributed by atoms with E-state index in [2.05, 4.69) is 10.2 Å². The zero-order valence-corrected chi connectivity index (χ0v) is 18.1. The van der Waals surface area contributed by atoms with Crippen LogP contribution in [0.5, 0.6) is 0 Å². The predicted molar refractivity (Wildman–Crippen MR) is 126 cm³/mol. The van der Waals surface area contributed by atoms with E-state index in [0.717, 1.165) is 11.8 Å². The molecule has 1 amide bonds. The largest absolute Gasteiger partial charge is 0.467 e. The molecule has 2 aromatic carbocycles. The van der Waals surface area contributed by atoms with E-state index in [1.807, 2.05) is 0 Å². The SMILES string of the molecule is O=C1/C(=C/c2ccc([N+](=O)[O-])cc2)S/C(=N\N=C\c2ccc([N+](=O)[O-])cc2)N1Cc1ccco1. The Morgan fingerprint density at radius 3 is 2.12 bits per heavy atom. The molecule has 2 heterocycles. The van der Waals surface area contributed by atoms with E-state index in [9.17, 15) is 25.0 Å². The van der Waals surface area contributed by atoms with Gasteiger partial charge in [-0.2, -0.15) is 5.10 Å². The van der Waals surface area contributed by atoms with Gasteiger partial charge in [-0.05, 0) is 65.4 Å². The molecule has 0 saturated carbocycles. The average Bonchev–Trinajstić information content (AvgIpc) is 3.44. The Bertz CT molecular complexity index is 1310. The Balaban J connectivity index is 1.58. The van der Waals surface area contributed by atoms with Gasteiger partial charge in [0, 0.05) is 24.3 Å². The van der Waals surface area contributed by atoms with Gasteiger partial charge in [0.2, 0.25) is 0 Å². The maximum atomic E-state index is 13.0. The summed E-state index contributed by atoms with van der Waals surface area (Å²) in [6.07, 6.45) is 4.54. The molecule has 0 aliphatic carbocycles. The van der Waals surface area contributed by atoms with Gasteiger partial charge in [-0.3, -0.25) is 29.9 Å². The lowest BCUT2D eigenvalue weighted by Gasteiger charge is -2.12. The van der Waals surface area contributed by atoms with Crippen molar-refractivity contribution in [2.45, 2.75) is 6.54 Å². The number of non-ortho nitro benzene ring substituents is 2. The first-order valence-electron chi connectivity index (χ1n) is 9.74. The highest BCUT2D eigenvalue weighted by molar-refractivity contribution is 8.18. The molecule has 1 aromatic heterocycles. The first kappa shape index (κ1) is 22.6. The molecule has 12 heteroatoms. The van der Waals surface area contributed by atoms with Gasteiger partial charge in [0.1, 0.15) is 5.76 Å². The first-order chi connectivity index (χ1) is 16.4. The van der Waals surface area contributed by atoms with Gasteiger partial charge in [-0.25, -0.2) is 0 Å². The molecule has 170 valence electrons. The summed E-state index contributed by atoms with van der Waals surface area (Å²) in [6.45, 7) is 0.141. The summed E-state index contributed by atoms with van der Waals surface area (Å²) in [5.74, 6) is 0.238. The van der Waals surface area contributed by atoms with Crippen molar-refractivity contribution >= 4 is 46.5 Å². The summed E-state index contributed by atoms with van der Waals surface area (Å²) >= 11 is 1.10. The van der Waals surface area contributed by atoms with Crippen LogP contribution >= 0.6 is 11.8 Å². The van der Waals surface area contributed by atoms with Gasteiger partial charge in [-0.15, -0.1) is 5.10 Å². The van der Waals surface area contributed by atoms with Crippen LogP contribution in [0.3, 0.4) is 0 Å². The topological polar surface area (TPSA) is 144 Å². The van der Waals surface area contributed by atoms with Crippen LogP contribution < -0.4 is 0 Å². The number of furan rings is 1. The van der Waals surface area contributed by atoms with Crippen molar-refractivity contribution in [2.24, 2.45) is 10.2 Å². The van der Waals surface area contributed by atoms with E-state index < -0.39 is 9.85 Å². The van der Waals surface area contributed by atoms with Crippen LogP contribution in [0, 0.1) is 20.2 Å². The van der Waals surface area contributed by atoms with Crippen LogP contribution in [0.25, 0.3) is 6.08 Å². The van der Waals surface area contributed by atoms with Crippen molar-refractivity contribution in [1.29, 1.82) is 0 Å². The summed E-state index contributed by atoms with van der Waals surface area (Å²) in [5, 5.41) is 30.1. The number of nitro benzene ring substituents is 2. The van der Waals surface area contributed by atoms with Crippen molar-refractivity contribution < 1.29 is 19.1 Å². The van der Waals surface area contributed by atoms with E-state index in [-0.39, 0.29) is 23.8 Å². The van der Waals surface area contributed by atoms with Gasteiger partial charge in [0.05, 0.1) is 33.8 Å². The minimum Gasteiger partial charge on any atom is -0.467 e. The molecule has 1 aliphatic rings. The molecule has 1 fully saturated rings. The Hall–Kier alpha value is -4.58. The molecule has 0 spiro atoms. The fourth-order valence-corrected chi connectivity index (χ4v) is 3.89. The number of amides is 1. The van der Waals surface area contributed by atoms with E-state index in [1.165, 1.54) is 53.8 Å². The van der Waals surface area contributed by atoms with Crippen LogP contribution in [0.15, 0.2) is 86.5 Å². The van der Waals surface area contributed by atoms with E-state index in [1.54, 1.807) is 30.3 Å². The Labute approximate surface area is 196 Å². The van der Waals surface area contributed by atoms with Crippen molar-refractivity contribution in [3.05, 3.63) is 109 Å². The molecular formula is C22H15N5O6S. The lowest BCUT2D eigenvalue weighted by molar-refractivity contribution is -0.385. The zero-order chi connectivity index (χ0) is 24.1. The number of rotatable bonds is 7. The molecule has 0 radical (unpaired) electrons. The highest BCUT2D eigenvalue weighted by atomic mass is 32.2. The van der Waals surface area contributed by atoms with Gasteiger partial charge in [0.25, 0.3) is 17.3 Å². The van der Waals surface area contributed by atoms with Crippen LogP contribution in [0.2, 0.25) is 0 Å². The number of hydrogen-bond donors (Lipinski definition) is 0. The van der Waals surface area contributed by atoms with Crippen LogP contribution in [-0.4, -0.2) is 32.0 Å². The van der Waals surface area contributed by atoms with E-state index in [4.69, 9.17) is 4.42 Å². The minimum atomic E-state index is -0.495. The molecule has 0 N–H and O–H groups in total. The molecule has 0 bridgehead atoms. The predicted octanol–water partition coefficient (Wildman–Crippen LogP) is 4.60. The number of hydrogen-bond acceptors (Lipinski definition) is 9. The third kappa shape index (κ3) is 5.24. The second-order valence-electron chi connectivity index (χ2n) is 6.91. The number of nitro groups is 2. The quantitative estimate of drug-likeness (QED) is 0.209.